The molecule has 17 heavy (non-hydrogen) atoms. The highest BCUT2D eigenvalue weighted by atomic mass is 16.6. The normalized spacial score (nSPS) is 12.1. The van der Waals surface area contributed by atoms with Gasteiger partial charge in [0.25, 0.3) is 5.69 Å². The smallest absolute Gasteiger partial charge is 0.292 e. The van der Waals surface area contributed by atoms with Gasteiger partial charge in [-0.25, -0.2) is 0 Å². The second-order valence-electron chi connectivity index (χ2n) is 3.81. The Labute approximate surface area is 99.6 Å². The Kier molecular flexibility index (Phi) is 4.71. The van der Waals surface area contributed by atoms with Gasteiger partial charge >= 0.3 is 0 Å². The van der Waals surface area contributed by atoms with E-state index in [0.717, 1.165) is 5.69 Å². The lowest BCUT2D eigenvalue weighted by Crippen LogP contribution is -2.12. The Balaban J connectivity index is 2.56. The Morgan fingerprint density at radius 1 is 1.59 bits per heavy atom. The number of benzene rings is 1. The van der Waals surface area contributed by atoms with Gasteiger partial charge in [-0.05, 0) is 25.0 Å². The summed E-state index contributed by atoms with van der Waals surface area (Å²) in [4.78, 5) is 10.0. The molecule has 1 atom stereocenters. The molecule has 6 heteroatoms. The maximum Gasteiger partial charge on any atom is 0.292 e. The first kappa shape index (κ1) is 13.2. The zero-order chi connectivity index (χ0) is 12.8. The summed E-state index contributed by atoms with van der Waals surface area (Å²) in [6, 6.07) is 4.50. The van der Waals surface area contributed by atoms with Crippen molar-refractivity contribution in [2.24, 2.45) is 0 Å². The Hall–Kier alpha value is -1.82. The van der Waals surface area contributed by atoms with Crippen molar-refractivity contribution >= 4 is 17.1 Å². The molecule has 6 nitrogen and oxygen atoms in total. The van der Waals surface area contributed by atoms with Crippen LogP contribution in [0.2, 0.25) is 0 Å². The molecule has 0 spiro atoms. The molecule has 94 valence electrons. The van der Waals surface area contributed by atoms with Crippen LogP contribution in [0.5, 0.6) is 0 Å². The van der Waals surface area contributed by atoms with E-state index in [2.05, 4.69) is 5.32 Å². The fraction of sp³-hybridized carbons (Fsp3) is 0.455. The number of hydrogen-bond donors (Lipinski definition) is 3. The minimum Gasteiger partial charge on any atom is -0.393 e. The van der Waals surface area contributed by atoms with Gasteiger partial charge in [0.1, 0.15) is 5.69 Å². The number of nitro benzene ring substituents is 1. The standard InChI is InChI=1S/C11H17N3O3/c1-2-9(15)5-6-13-8-3-4-11(14(16)17)10(12)7-8/h3-4,7,9,13,15H,2,5-6,12H2,1H3. The minimum absolute atomic E-state index is 0.0934. The van der Waals surface area contributed by atoms with Crippen molar-refractivity contribution in [2.45, 2.75) is 25.9 Å². The summed E-state index contributed by atoms with van der Waals surface area (Å²) in [5.74, 6) is 0. The van der Waals surface area contributed by atoms with Crippen LogP contribution in [-0.2, 0) is 0 Å². The number of rotatable bonds is 6. The van der Waals surface area contributed by atoms with Crippen LogP contribution in [0.4, 0.5) is 17.1 Å². The van der Waals surface area contributed by atoms with Crippen molar-refractivity contribution in [3.8, 4) is 0 Å². The molecule has 1 rings (SSSR count). The van der Waals surface area contributed by atoms with E-state index < -0.39 is 4.92 Å². The number of nitrogens with zero attached hydrogens (tertiary/aromatic N) is 1. The van der Waals surface area contributed by atoms with Gasteiger partial charge in [-0.15, -0.1) is 0 Å². The molecule has 0 saturated heterocycles. The van der Waals surface area contributed by atoms with Crippen molar-refractivity contribution in [2.75, 3.05) is 17.6 Å². The quantitative estimate of drug-likeness (QED) is 0.399. The molecule has 0 heterocycles. The molecule has 1 unspecified atom stereocenters. The summed E-state index contributed by atoms with van der Waals surface area (Å²) in [5.41, 5.74) is 6.31. The topological polar surface area (TPSA) is 101 Å². The van der Waals surface area contributed by atoms with E-state index in [1.165, 1.54) is 12.1 Å². The summed E-state index contributed by atoms with van der Waals surface area (Å²) in [6.45, 7) is 2.51. The predicted octanol–water partition coefficient (Wildman–Crippen LogP) is 1.75. The van der Waals surface area contributed by atoms with Crippen LogP contribution in [0.25, 0.3) is 0 Å². The van der Waals surface area contributed by atoms with Crippen LogP contribution in [0, 0.1) is 10.1 Å². The van der Waals surface area contributed by atoms with Gasteiger partial charge < -0.3 is 16.2 Å². The average molecular weight is 239 g/mol. The summed E-state index contributed by atoms with van der Waals surface area (Å²) in [7, 11) is 0. The Morgan fingerprint density at radius 2 is 2.29 bits per heavy atom. The molecule has 0 amide bonds. The van der Waals surface area contributed by atoms with Gasteiger partial charge in [0.05, 0.1) is 11.0 Å². The van der Waals surface area contributed by atoms with E-state index in [1.807, 2.05) is 6.92 Å². The molecular formula is C11H17N3O3. The summed E-state index contributed by atoms with van der Waals surface area (Å²) in [5, 5.41) is 23.0. The van der Waals surface area contributed by atoms with Gasteiger partial charge in [0.15, 0.2) is 0 Å². The molecule has 0 aromatic heterocycles. The number of anilines is 2. The first-order valence-corrected chi connectivity index (χ1v) is 5.50. The van der Waals surface area contributed by atoms with Crippen molar-refractivity contribution in [3.63, 3.8) is 0 Å². The SMILES string of the molecule is CCC(O)CCNc1ccc([N+](=O)[O-])c(N)c1. The number of nitrogen functional groups attached to an aromatic ring is 1. The monoisotopic (exact) mass is 239 g/mol. The number of aliphatic hydroxyl groups is 1. The van der Waals surface area contributed by atoms with Crippen LogP contribution in [-0.4, -0.2) is 22.7 Å². The van der Waals surface area contributed by atoms with Crippen molar-refractivity contribution in [1.82, 2.24) is 0 Å². The van der Waals surface area contributed by atoms with Crippen LogP contribution in [0.15, 0.2) is 18.2 Å². The molecule has 1 aromatic rings. The maximum absolute atomic E-state index is 10.5. The molecular weight excluding hydrogens is 222 g/mol. The van der Waals surface area contributed by atoms with E-state index in [0.29, 0.717) is 19.4 Å². The van der Waals surface area contributed by atoms with E-state index in [9.17, 15) is 15.2 Å². The third-order valence-corrected chi connectivity index (χ3v) is 2.50. The van der Waals surface area contributed by atoms with Gasteiger partial charge in [-0.1, -0.05) is 6.92 Å². The zero-order valence-electron chi connectivity index (χ0n) is 9.72. The van der Waals surface area contributed by atoms with Crippen molar-refractivity contribution < 1.29 is 10.0 Å². The summed E-state index contributed by atoms with van der Waals surface area (Å²) >= 11 is 0. The molecule has 0 aliphatic carbocycles. The molecule has 0 bridgehead atoms. The van der Waals surface area contributed by atoms with E-state index >= 15 is 0 Å². The lowest BCUT2D eigenvalue weighted by Gasteiger charge is -2.10. The van der Waals surface area contributed by atoms with Gasteiger partial charge in [-0.3, -0.25) is 10.1 Å². The van der Waals surface area contributed by atoms with Crippen molar-refractivity contribution in [3.05, 3.63) is 28.3 Å². The van der Waals surface area contributed by atoms with Crippen LogP contribution in [0.3, 0.4) is 0 Å². The van der Waals surface area contributed by atoms with Crippen LogP contribution < -0.4 is 11.1 Å². The molecule has 4 N–H and O–H groups in total. The summed E-state index contributed by atoms with van der Waals surface area (Å²) < 4.78 is 0. The minimum atomic E-state index is -0.514. The Morgan fingerprint density at radius 3 is 2.82 bits per heavy atom. The lowest BCUT2D eigenvalue weighted by atomic mass is 10.2. The highest BCUT2D eigenvalue weighted by Crippen LogP contribution is 2.24. The van der Waals surface area contributed by atoms with Gasteiger partial charge in [-0.2, -0.15) is 0 Å². The number of nitrogens with two attached hydrogens (primary N) is 1. The first-order chi connectivity index (χ1) is 8.04. The highest BCUT2D eigenvalue weighted by molar-refractivity contribution is 5.65. The first-order valence-electron chi connectivity index (χ1n) is 5.50. The second kappa shape index (κ2) is 6.05. The van der Waals surface area contributed by atoms with E-state index in [-0.39, 0.29) is 17.5 Å². The fourth-order valence-corrected chi connectivity index (χ4v) is 1.42. The Bertz CT molecular complexity index is 396. The fourth-order valence-electron chi connectivity index (χ4n) is 1.42. The number of nitro groups is 1. The molecule has 0 saturated carbocycles. The van der Waals surface area contributed by atoms with Gasteiger partial charge in [0, 0.05) is 18.3 Å². The van der Waals surface area contributed by atoms with Crippen molar-refractivity contribution in [1.29, 1.82) is 0 Å². The third-order valence-electron chi connectivity index (χ3n) is 2.50. The molecule has 0 radical (unpaired) electrons. The third kappa shape index (κ3) is 3.92. The van der Waals surface area contributed by atoms with E-state index in [4.69, 9.17) is 5.73 Å². The summed E-state index contributed by atoms with van der Waals surface area (Å²) in [6.07, 6.45) is 1.02. The predicted molar refractivity (Wildman–Crippen MR) is 66.9 cm³/mol. The van der Waals surface area contributed by atoms with Crippen LogP contribution >= 0.6 is 0 Å². The largest absolute Gasteiger partial charge is 0.393 e. The molecule has 0 aliphatic heterocycles. The molecule has 1 aromatic carbocycles. The average Bonchev–Trinajstić information content (AvgIpc) is 2.28. The molecule has 0 fully saturated rings. The van der Waals surface area contributed by atoms with E-state index in [1.54, 1.807) is 6.07 Å². The number of nitrogens with one attached hydrogen (secondary N) is 1. The number of aliphatic hydroxyl groups excluding tert-OH is 1. The lowest BCUT2D eigenvalue weighted by molar-refractivity contribution is -0.383. The second-order valence-corrected chi connectivity index (χ2v) is 3.81. The van der Waals surface area contributed by atoms with Gasteiger partial charge in [0.2, 0.25) is 0 Å². The van der Waals surface area contributed by atoms with Crippen LogP contribution in [0.1, 0.15) is 19.8 Å². The number of hydrogen-bond acceptors (Lipinski definition) is 5. The molecule has 0 aliphatic rings. The maximum atomic E-state index is 10.5. The highest BCUT2D eigenvalue weighted by Gasteiger charge is 2.10. The zero-order valence-corrected chi connectivity index (χ0v) is 9.72.